The zero-order valence-electron chi connectivity index (χ0n) is 42.1. The molecule has 0 aromatic heterocycles. The maximum absolute atomic E-state index is 12.1. The third-order valence-corrected chi connectivity index (χ3v) is 10.1. The second-order valence-corrected chi connectivity index (χ2v) is 15.0. The fourth-order valence-corrected chi connectivity index (χ4v) is 5.71. The summed E-state index contributed by atoms with van der Waals surface area (Å²) in [5.74, 6) is 1.33. The third kappa shape index (κ3) is 31.2. The number of aryl methyl sites for hydroxylation is 1. The van der Waals surface area contributed by atoms with Crippen LogP contribution in [-0.2, 0) is 20.8 Å². The van der Waals surface area contributed by atoms with Crippen LogP contribution in [0.25, 0.3) is 0 Å². The lowest BCUT2D eigenvalue weighted by Gasteiger charge is -2.28. The average Bonchev–Trinajstić information content (AvgIpc) is 3.30. The van der Waals surface area contributed by atoms with Gasteiger partial charge < -0.3 is 25.2 Å². The first kappa shape index (κ1) is 61.6. The summed E-state index contributed by atoms with van der Waals surface area (Å²) < 4.78 is 0. The molecular weight excluding hydrogens is 765 g/mol. The Balaban J connectivity index is -0.000000806. The summed E-state index contributed by atoms with van der Waals surface area (Å²) in [6.45, 7) is 30.0. The first-order chi connectivity index (χ1) is 30.0. The number of carbonyl (C=O) groups is 3. The van der Waals surface area contributed by atoms with Gasteiger partial charge in [0.25, 0.3) is 0 Å². The number of aldehydes is 1. The Hall–Kier alpha value is -4.65. The molecule has 2 aliphatic rings. The van der Waals surface area contributed by atoms with E-state index in [9.17, 15) is 14.4 Å². The van der Waals surface area contributed by atoms with Gasteiger partial charge in [-0.1, -0.05) is 161 Å². The highest BCUT2D eigenvalue weighted by Gasteiger charge is 2.19. The van der Waals surface area contributed by atoms with Crippen molar-refractivity contribution in [3.05, 3.63) is 126 Å². The predicted octanol–water partition coefficient (Wildman–Crippen LogP) is 14.2. The van der Waals surface area contributed by atoms with Gasteiger partial charge in [0, 0.05) is 51.4 Å². The maximum atomic E-state index is 12.1. The minimum atomic E-state index is 0.128. The molecule has 7 nitrogen and oxygen atoms in total. The number of unbranched alkanes of at least 4 members (excludes halogenated alkanes) is 1. The largest absolute Gasteiger partial charge is 0.388 e. The van der Waals surface area contributed by atoms with Gasteiger partial charge in [-0.2, -0.15) is 0 Å². The van der Waals surface area contributed by atoms with E-state index in [1.165, 1.54) is 24.0 Å². The molecule has 350 valence electrons. The Morgan fingerprint density at radius 2 is 1.63 bits per heavy atom. The maximum Gasteiger partial charge on any atom is 0.225 e. The molecule has 0 bridgehead atoms. The van der Waals surface area contributed by atoms with Crippen LogP contribution < -0.4 is 10.6 Å². The van der Waals surface area contributed by atoms with E-state index in [2.05, 4.69) is 119 Å². The lowest BCUT2D eigenvalue weighted by molar-refractivity contribution is -0.131. The fourth-order valence-electron chi connectivity index (χ4n) is 5.71. The summed E-state index contributed by atoms with van der Waals surface area (Å²) in [5.41, 5.74) is 5.90. The monoisotopic (exact) mass is 857 g/mol. The predicted molar refractivity (Wildman–Crippen MR) is 274 cm³/mol. The number of hydrogen-bond donors (Lipinski definition) is 2. The van der Waals surface area contributed by atoms with Gasteiger partial charge in [0.2, 0.25) is 11.8 Å². The molecule has 1 aliphatic carbocycles. The Morgan fingerprint density at radius 1 is 0.968 bits per heavy atom. The summed E-state index contributed by atoms with van der Waals surface area (Å²) in [4.78, 5) is 38.4. The molecule has 0 radical (unpaired) electrons. The quantitative estimate of drug-likeness (QED) is 0.0775. The van der Waals surface area contributed by atoms with Crippen LogP contribution in [0.5, 0.6) is 0 Å². The van der Waals surface area contributed by atoms with E-state index in [0.717, 1.165) is 68.3 Å². The van der Waals surface area contributed by atoms with Crippen LogP contribution in [0, 0.1) is 11.8 Å². The van der Waals surface area contributed by atoms with Crippen molar-refractivity contribution in [3.63, 3.8) is 0 Å². The van der Waals surface area contributed by atoms with Crippen molar-refractivity contribution in [2.75, 3.05) is 32.5 Å². The molecule has 1 aromatic carbocycles. The van der Waals surface area contributed by atoms with E-state index >= 15 is 0 Å². The second kappa shape index (κ2) is 43.0. The van der Waals surface area contributed by atoms with Crippen molar-refractivity contribution in [1.82, 2.24) is 15.1 Å². The van der Waals surface area contributed by atoms with Gasteiger partial charge in [0.15, 0.2) is 0 Å². The molecule has 2 N–H and O–H groups in total. The number of carbonyl (C=O) groups excluding carboxylic acids is 3. The zero-order valence-corrected chi connectivity index (χ0v) is 42.1. The number of likely N-dealkylation sites (N-methyl/N-ethyl adjacent to an activating group) is 1. The molecule has 0 saturated heterocycles. The standard InChI is InChI=1S/C21H30N2O.C14H22N2O.C12H18O.C4H10.2C2H6/c1-4-16(2)15-21(24)23-20-13-9-18(10-14-20)6-5-17-7-11-19(22-3)12-8-17;1-4-9-16(10-5-2)14(17)12-13-8-6-7-11-15(13)3;1-4-6-7-8-12(9-10-13)11(3)5-2;1-3-4-2;2*1-2/h7-9,11-14,16,18,22H,4-6,10,15H2,1-3H3,(H,23,24);4,6-8,11,13H,1,5,9-10,12H2,2-3H3;4,6-8,10H,5,9H2,1-3H3;3-4H2,1-2H3;2*1-2H3/b;;6-4-,8-7-,12-11?;;;. The van der Waals surface area contributed by atoms with Gasteiger partial charge in [-0.05, 0) is 99.4 Å². The van der Waals surface area contributed by atoms with Crippen LogP contribution in [-0.4, -0.2) is 61.1 Å². The molecule has 7 heteroatoms. The van der Waals surface area contributed by atoms with Crippen LogP contribution in [0.2, 0.25) is 0 Å². The summed E-state index contributed by atoms with van der Waals surface area (Å²) in [5, 5.41) is 6.16. The average molecular weight is 857 g/mol. The zero-order chi connectivity index (χ0) is 47.6. The molecule has 0 spiro atoms. The SMILES string of the molecule is C/C=C\C=C/C(CC=O)=C(C)CC.C=CCN(CCC)C(=O)CC1C=CC=CN1C.CC.CC.CCC(C)CC(=O)NC1=CCC(CCc2ccc(NC)cc2)C=C1.CCCC. The number of allylic oxidation sites excluding steroid dienone is 11. The number of amides is 2. The number of nitrogens with one attached hydrogen (secondary N) is 2. The highest BCUT2D eigenvalue weighted by molar-refractivity contribution is 5.78. The highest BCUT2D eigenvalue weighted by atomic mass is 16.2. The lowest BCUT2D eigenvalue weighted by atomic mass is 9.92. The summed E-state index contributed by atoms with van der Waals surface area (Å²) >= 11 is 0. The number of benzene rings is 1. The van der Waals surface area contributed by atoms with E-state index in [1.807, 2.05) is 96.3 Å². The first-order valence-electron chi connectivity index (χ1n) is 23.8. The van der Waals surface area contributed by atoms with Crippen LogP contribution >= 0.6 is 0 Å². The highest BCUT2D eigenvalue weighted by Crippen LogP contribution is 2.22. The van der Waals surface area contributed by atoms with E-state index in [0.29, 0.717) is 37.6 Å². The Bertz CT molecular complexity index is 1510. The van der Waals surface area contributed by atoms with E-state index in [1.54, 1.807) is 6.08 Å². The van der Waals surface area contributed by atoms with Crippen LogP contribution in [0.1, 0.15) is 153 Å². The molecule has 0 fully saturated rings. The van der Waals surface area contributed by atoms with E-state index in [-0.39, 0.29) is 17.9 Å². The molecule has 62 heavy (non-hydrogen) atoms. The van der Waals surface area contributed by atoms with Gasteiger partial charge >= 0.3 is 0 Å². The number of hydrogen-bond acceptors (Lipinski definition) is 5. The van der Waals surface area contributed by atoms with Gasteiger partial charge in [-0.3, -0.25) is 9.59 Å². The molecular formula is C55H92N4O3. The van der Waals surface area contributed by atoms with E-state index < -0.39 is 0 Å². The van der Waals surface area contributed by atoms with Crippen LogP contribution in [0.3, 0.4) is 0 Å². The Labute approximate surface area is 382 Å². The minimum absolute atomic E-state index is 0.128. The van der Waals surface area contributed by atoms with Crippen molar-refractivity contribution in [1.29, 1.82) is 0 Å². The second-order valence-electron chi connectivity index (χ2n) is 15.0. The molecule has 1 aromatic rings. The van der Waals surface area contributed by atoms with E-state index in [4.69, 9.17) is 0 Å². The van der Waals surface area contributed by atoms with Gasteiger partial charge in [-0.15, -0.1) is 6.58 Å². The number of nitrogens with zero attached hydrogens (tertiary/aromatic N) is 2. The molecule has 0 saturated carbocycles. The van der Waals surface area contributed by atoms with Gasteiger partial charge in [-0.25, -0.2) is 0 Å². The molecule has 1 aliphatic heterocycles. The lowest BCUT2D eigenvalue weighted by Crippen LogP contribution is -2.37. The Kier molecular flexibility index (Phi) is 42.8. The van der Waals surface area contributed by atoms with Crippen molar-refractivity contribution in [2.24, 2.45) is 11.8 Å². The van der Waals surface area contributed by atoms with Crippen molar-refractivity contribution in [2.45, 2.75) is 160 Å². The summed E-state index contributed by atoms with van der Waals surface area (Å²) in [6, 6.07) is 8.80. The first-order valence-corrected chi connectivity index (χ1v) is 23.8. The van der Waals surface area contributed by atoms with Crippen LogP contribution in [0.4, 0.5) is 5.69 Å². The minimum Gasteiger partial charge on any atom is -0.388 e. The molecule has 3 rings (SSSR count). The number of rotatable bonds is 20. The molecule has 3 atom stereocenters. The van der Waals surface area contributed by atoms with Crippen LogP contribution in [0.15, 0.2) is 121 Å². The normalized spacial score (nSPS) is 15.5. The Morgan fingerprint density at radius 3 is 2.11 bits per heavy atom. The van der Waals surface area contributed by atoms with Crippen molar-refractivity contribution >= 4 is 23.8 Å². The molecule has 2 amide bonds. The van der Waals surface area contributed by atoms with Crippen molar-refractivity contribution < 1.29 is 14.4 Å². The molecule has 3 unspecified atom stereocenters. The topological polar surface area (TPSA) is 81.8 Å². The van der Waals surface area contributed by atoms with Gasteiger partial charge in [0.05, 0.1) is 12.5 Å². The van der Waals surface area contributed by atoms with Gasteiger partial charge in [0.1, 0.15) is 6.29 Å². The number of anilines is 1. The summed E-state index contributed by atoms with van der Waals surface area (Å²) in [6.07, 6.45) is 35.7. The summed E-state index contributed by atoms with van der Waals surface area (Å²) in [7, 11) is 3.93. The van der Waals surface area contributed by atoms with Crippen molar-refractivity contribution in [3.8, 4) is 0 Å². The smallest absolute Gasteiger partial charge is 0.225 e. The third-order valence-electron chi connectivity index (χ3n) is 10.1. The molecule has 1 heterocycles. The fraction of sp³-hybridized carbons (Fsp3) is 0.545.